The van der Waals surface area contributed by atoms with Crippen LogP contribution in [0.4, 0.5) is 11.6 Å². The van der Waals surface area contributed by atoms with Crippen LogP contribution in [0, 0.1) is 0 Å². The number of hydrogen-bond donors (Lipinski definition) is 2. The van der Waals surface area contributed by atoms with Crippen LogP contribution < -0.4 is 0 Å². The van der Waals surface area contributed by atoms with E-state index in [1.54, 1.807) is 17.0 Å². The van der Waals surface area contributed by atoms with Gasteiger partial charge in [-0.3, -0.25) is 4.57 Å². The van der Waals surface area contributed by atoms with E-state index in [0.29, 0.717) is 12.4 Å². The third-order valence-electron chi connectivity index (χ3n) is 3.35. The molecule has 0 aliphatic carbocycles. The molecule has 1 saturated heterocycles. The average Bonchev–Trinajstić information content (AvgIpc) is 3.12. The van der Waals surface area contributed by atoms with Crippen LogP contribution in [0.15, 0.2) is 53.0 Å². The minimum absolute atomic E-state index is 0.215. The molecule has 0 radical (unpaired) electrons. The van der Waals surface area contributed by atoms with Crippen LogP contribution >= 0.6 is 0 Å². The molecule has 7 nitrogen and oxygen atoms in total. The lowest BCUT2D eigenvalue weighted by molar-refractivity contribution is -0.0438. The Morgan fingerprint density at radius 1 is 1.29 bits per heavy atom. The van der Waals surface area contributed by atoms with Crippen molar-refractivity contribution in [1.29, 1.82) is 0 Å². The summed E-state index contributed by atoms with van der Waals surface area (Å²) in [5.41, 5.74) is 0.729. The van der Waals surface area contributed by atoms with Crippen molar-refractivity contribution in [3.63, 3.8) is 0 Å². The minimum atomic E-state index is -0.693. The van der Waals surface area contributed by atoms with Crippen molar-refractivity contribution in [1.82, 2.24) is 9.55 Å². The van der Waals surface area contributed by atoms with Gasteiger partial charge in [0.1, 0.15) is 12.3 Å². The Balaban J connectivity index is 1.77. The van der Waals surface area contributed by atoms with E-state index in [9.17, 15) is 5.11 Å². The van der Waals surface area contributed by atoms with Crippen LogP contribution in [-0.2, 0) is 4.74 Å². The molecular weight excluding hydrogens is 272 g/mol. The first kappa shape index (κ1) is 13.9. The molecule has 3 rings (SSSR count). The molecule has 0 saturated carbocycles. The summed E-state index contributed by atoms with van der Waals surface area (Å²) in [7, 11) is 0. The van der Waals surface area contributed by atoms with Gasteiger partial charge < -0.3 is 14.9 Å². The number of ether oxygens (including phenoxy) is 1. The van der Waals surface area contributed by atoms with E-state index in [4.69, 9.17) is 9.84 Å². The fourth-order valence-corrected chi connectivity index (χ4v) is 2.25. The molecule has 110 valence electrons. The van der Waals surface area contributed by atoms with E-state index in [-0.39, 0.29) is 6.61 Å². The first-order valence-electron chi connectivity index (χ1n) is 6.72. The number of aliphatic hydroxyl groups is 2. The highest BCUT2D eigenvalue weighted by Crippen LogP contribution is 2.31. The second-order valence-corrected chi connectivity index (χ2v) is 4.78. The molecule has 3 atom stereocenters. The SMILES string of the molecule is OC[C@H]1O[C@@H](n2ccnc2N=Nc2ccccc2)C[C@@H]1O. The molecule has 1 aliphatic rings. The van der Waals surface area contributed by atoms with Crippen molar-refractivity contribution >= 4 is 11.6 Å². The number of azo groups is 1. The monoisotopic (exact) mass is 288 g/mol. The maximum atomic E-state index is 9.78. The van der Waals surface area contributed by atoms with Gasteiger partial charge in [0.2, 0.25) is 0 Å². The summed E-state index contributed by atoms with van der Waals surface area (Å²) in [5, 5.41) is 27.1. The molecule has 0 spiro atoms. The lowest BCUT2D eigenvalue weighted by Crippen LogP contribution is -2.24. The molecule has 21 heavy (non-hydrogen) atoms. The van der Waals surface area contributed by atoms with Crippen LogP contribution in [0.5, 0.6) is 0 Å². The number of hydrogen-bond acceptors (Lipinski definition) is 6. The van der Waals surface area contributed by atoms with Gasteiger partial charge in [-0.05, 0) is 12.1 Å². The number of nitrogens with zero attached hydrogens (tertiary/aromatic N) is 4. The van der Waals surface area contributed by atoms with Crippen molar-refractivity contribution < 1.29 is 14.9 Å². The molecule has 0 amide bonds. The fourth-order valence-electron chi connectivity index (χ4n) is 2.25. The first-order chi connectivity index (χ1) is 10.3. The van der Waals surface area contributed by atoms with Crippen molar-refractivity contribution in [3.8, 4) is 0 Å². The zero-order valence-corrected chi connectivity index (χ0v) is 11.3. The summed E-state index contributed by atoms with van der Waals surface area (Å²) >= 11 is 0. The van der Waals surface area contributed by atoms with Gasteiger partial charge in [-0.15, -0.1) is 10.2 Å². The predicted octanol–water partition coefficient (Wildman–Crippen LogP) is 1.94. The second kappa shape index (κ2) is 6.13. The van der Waals surface area contributed by atoms with Crippen molar-refractivity contribution in [2.45, 2.75) is 24.9 Å². The number of imidazole rings is 1. The largest absolute Gasteiger partial charge is 0.394 e. The van der Waals surface area contributed by atoms with Crippen molar-refractivity contribution in [3.05, 3.63) is 42.7 Å². The molecule has 2 N–H and O–H groups in total. The molecule has 2 heterocycles. The van der Waals surface area contributed by atoms with Gasteiger partial charge in [0, 0.05) is 18.8 Å². The van der Waals surface area contributed by atoms with Gasteiger partial charge in [0.05, 0.1) is 18.4 Å². The second-order valence-electron chi connectivity index (χ2n) is 4.78. The summed E-state index contributed by atoms with van der Waals surface area (Å²) in [6.07, 6.45) is 2.04. The van der Waals surface area contributed by atoms with Gasteiger partial charge in [0.15, 0.2) is 0 Å². The third-order valence-corrected chi connectivity index (χ3v) is 3.35. The van der Waals surface area contributed by atoms with E-state index in [1.165, 1.54) is 0 Å². The van der Waals surface area contributed by atoms with Crippen LogP contribution in [0.3, 0.4) is 0 Å². The Hall–Kier alpha value is -2.09. The Bertz CT molecular complexity index is 614. The van der Waals surface area contributed by atoms with Crippen LogP contribution in [0.1, 0.15) is 12.6 Å². The van der Waals surface area contributed by atoms with Gasteiger partial charge in [-0.25, -0.2) is 4.98 Å². The maximum Gasteiger partial charge on any atom is 0.251 e. The first-order valence-corrected chi connectivity index (χ1v) is 6.72. The van der Waals surface area contributed by atoms with E-state index in [2.05, 4.69) is 15.2 Å². The molecule has 0 bridgehead atoms. The van der Waals surface area contributed by atoms with Crippen molar-refractivity contribution in [2.75, 3.05) is 6.61 Å². The molecule has 7 heteroatoms. The third kappa shape index (κ3) is 2.99. The Kier molecular flexibility index (Phi) is 4.05. The predicted molar refractivity (Wildman–Crippen MR) is 74.5 cm³/mol. The highest BCUT2D eigenvalue weighted by atomic mass is 16.5. The molecular formula is C14H16N4O3. The summed E-state index contributed by atoms with van der Waals surface area (Å²) in [5.74, 6) is 0.398. The highest BCUT2D eigenvalue weighted by Gasteiger charge is 2.35. The van der Waals surface area contributed by atoms with Gasteiger partial charge in [0.25, 0.3) is 5.95 Å². The van der Waals surface area contributed by atoms with E-state index in [0.717, 1.165) is 5.69 Å². The summed E-state index contributed by atoms with van der Waals surface area (Å²) in [4.78, 5) is 4.13. The standard InChI is InChI=1S/C14H16N4O3/c19-9-12-11(20)8-13(21-12)18-7-6-15-14(18)17-16-10-4-2-1-3-5-10/h1-7,11-13,19-20H,8-9H2/t11-,12+,13+/m0/s1. The normalized spacial score (nSPS) is 25.7. The summed E-state index contributed by atoms with van der Waals surface area (Å²) in [6, 6.07) is 9.35. The highest BCUT2D eigenvalue weighted by molar-refractivity contribution is 5.35. The Labute approximate surface area is 121 Å². The number of benzene rings is 1. The van der Waals surface area contributed by atoms with Crippen molar-refractivity contribution in [2.24, 2.45) is 10.2 Å². The lowest BCUT2D eigenvalue weighted by Gasteiger charge is -2.13. The molecule has 1 aromatic heterocycles. The summed E-state index contributed by atoms with van der Waals surface area (Å²) < 4.78 is 7.28. The quantitative estimate of drug-likeness (QED) is 0.841. The fraction of sp³-hybridized carbons (Fsp3) is 0.357. The molecule has 1 aromatic carbocycles. The average molecular weight is 288 g/mol. The van der Waals surface area contributed by atoms with E-state index < -0.39 is 18.4 Å². The van der Waals surface area contributed by atoms with Gasteiger partial charge >= 0.3 is 0 Å². The Morgan fingerprint density at radius 2 is 2.10 bits per heavy atom. The molecule has 2 aromatic rings. The number of aliphatic hydroxyl groups excluding tert-OH is 2. The van der Waals surface area contributed by atoms with Crippen LogP contribution in [-0.4, -0.2) is 38.6 Å². The maximum absolute atomic E-state index is 9.78. The topological polar surface area (TPSA) is 92.2 Å². The van der Waals surface area contributed by atoms with Gasteiger partial charge in [-0.1, -0.05) is 18.2 Å². The zero-order valence-electron chi connectivity index (χ0n) is 11.3. The van der Waals surface area contributed by atoms with E-state index in [1.807, 2.05) is 30.3 Å². The molecule has 0 unspecified atom stereocenters. The number of rotatable bonds is 4. The summed E-state index contributed by atoms with van der Waals surface area (Å²) in [6.45, 7) is -0.215. The van der Waals surface area contributed by atoms with Crippen LogP contribution in [0.2, 0.25) is 0 Å². The minimum Gasteiger partial charge on any atom is -0.394 e. The molecule has 1 fully saturated rings. The van der Waals surface area contributed by atoms with Gasteiger partial charge in [-0.2, -0.15) is 0 Å². The van der Waals surface area contributed by atoms with Crippen LogP contribution in [0.25, 0.3) is 0 Å². The number of aromatic nitrogens is 2. The smallest absolute Gasteiger partial charge is 0.251 e. The molecule has 1 aliphatic heterocycles. The zero-order chi connectivity index (χ0) is 14.7. The van der Waals surface area contributed by atoms with E-state index >= 15 is 0 Å². The Morgan fingerprint density at radius 3 is 2.81 bits per heavy atom. The lowest BCUT2D eigenvalue weighted by atomic mass is 10.2.